The highest BCUT2D eigenvalue weighted by atomic mass is 32.2. The van der Waals surface area contributed by atoms with Crippen LogP contribution in [0.25, 0.3) is 0 Å². The first-order chi connectivity index (χ1) is 9.75. The Hall–Kier alpha value is -1.36. The van der Waals surface area contributed by atoms with Crippen molar-refractivity contribution in [3.63, 3.8) is 0 Å². The third-order valence-electron chi connectivity index (χ3n) is 3.03. The van der Waals surface area contributed by atoms with Gasteiger partial charge in [-0.1, -0.05) is 0 Å². The third kappa shape index (κ3) is 3.84. The molecule has 21 heavy (non-hydrogen) atoms. The second-order valence-electron chi connectivity index (χ2n) is 4.41. The first-order valence-corrected chi connectivity index (χ1v) is 8.81. The second kappa shape index (κ2) is 7.07. The molecule has 1 rings (SSSR count). The van der Waals surface area contributed by atoms with Crippen molar-refractivity contribution in [2.24, 2.45) is 5.84 Å². The molecule has 0 saturated carbocycles. The summed E-state index contributed by atoms with van der Waals surface area (Å²) in [6.07, 6.45) is 1.89. The Balaban J connectivity index is 3.23. The Labute approximate surface area is 127 Å². The lowest BCUT2D eigenvalue weighted by atomic mass is 10.3. The zero-order chi connectivity index (χ0) is 16.2. The molecule has 0 radical (unpaired) electrons. The van der Waals surface area contributed by atoms with E-state index in [9.17, 15) is 18.5 Å². The number of hydrogen-bond donors (Lipinski definition) is 2. The lowest BCUT2D eigenvalue weighted by Crippen LogP contribution is -2.36. The van der Waals surface area contributed by atoms with Crippen LogP contribution in [0.5, 0.6) is 0 Å². The molecular formula is C11H18N4O4S2. The van der Waals surface area contributed by atoms with Crippen LogP contribution < -0.4 is 11.3 Å². The van der Waals surface area contributed by atoms with Gasteiger partial charge in [0.1, 0.15) is 5.69 Å². The van der Waals surface area contributed by atoms with E-state index >= 15 is 0 Å². The van der Waals surface area contributed by atoms with Crippen molar-refractivity contribution in [1.82, 2.24) is 4.31 Å². The second-order valence-corrected chi connectivity index (χ2v) is 7.31. The number of nitrogens with two attached hydrogens (primary N) is 1. The lowest BCUT2D eigenvalue weighted by molar-refractivity contribution is -0.384. The molecule has 0 bridgehead atoms. The Morgan fingerprint density at radius 1 is 1.52 bits per heavy atom. The van der Waals surface area contributed by atoms with E-state index in [1.165, 1.54) is 29.2 Å². The third-order valence-corrected chi connectivity index (χ3v) is 5.81. The molecule has 0 aliphatic rings. The van der Waals surface area contributed by atoms with E-state index in [4.69, 9.17) is 5.84 Å². The normalized spacial score (nSPS) is 13.2. The number of rotatable bonds is 7. The molecule has 1 unspecified atom stereocenters. The van der Waals surface area contributed by atoms with Crippen LogP contribution >= 0.6 is 11.8 Å². The van der Waals surface area contributed by atoms with Crippen molar-refractivity contribution in [1.29, 1.82) is 0 Å². The number of anilines is 1. The fourth-order valence-corrected chi connectivity index (χ4v) is 3.89. The monoisotopic (exact) mass is 334 g/mol. The van der Waals surface area contributed by atoms with Crippen LogP contribution in [-0.2, 0) is 10.0 Å². The number of nitro benzene ring substituents is 1. The highest BCUT2D eigenvalue weighted by Crippen LogP contribution is 2.28. The van der Waals surface area contributed by atoms with Crippen LogP contribution in [0.4, 0.5) is 11.4 Å². The van der Waals surface area contributed by atoms with Crippen molar-refractivity contribution in [2.75, 3.05) is 24.5 Å². The minimum Gasteiger partial charge on any atom is -0.318 e. The number of benzene rings is 1. The Bertz CT molecular complexity index is 621. The standard InChI is InChI=1S/C11H18N4O4S2/c1-8(7-20-3)14(2)21(18,19)9-4-5-11(15(16)17)10(6-9)13-12/h4-6,8,13H,7,12H2,1-3H3. The maximum Gasteiger partial charge on any atom is 0.293 e. The van der Waals surface area contributed by atoms with E-state index < -0.39 is 14.9 Å². The molecule has 0 heterocycles. The lowest BCUT2D eigenvalue weighted by Gasteiger charge is -2.23. The van der Waals surface area contributed by atoms with E-state index in [0.717, 1.165) is 12.1 Å². The number of nitro groups is 1. The molecule has 3 N–H and O–H groups in total. The summed E-state index contributed by atoms with van der Waals surface area (Å²) in [4.78, 5) is 10.1. The average molecular weight is 334 g/mol. The fourth-order valence-electron chi connectivity index (χ4n) is 1.70. The maximum atomic E-state index is 12.5. The molecule has 0 spiro atoms. The minimum absolute atomic E-state index is 0.0449. The van der Waals surface area contributed by atoms with Crippen LogP contribution in [0.1, 0.15) is 6.92 Å². The number of thioether (sulfide) groups is 1. The molecule has 0 aliphatic carbocycles. The first-order valence-electron chi connectivity index (χ1n) is 5.97. The van der Waals surface area contributed by atoms with E-state index in [1.54, 1.807) is 6.92 Å². The van der Waals surface area contributed by atoms with Crippen LogP contribution in [0.2, 0.25) is 0 Å². The van der Waals surface area contributed by atoms with Gasteiger partial charge in [-0.05, 0) is 25.3 Å². The molecule has 1 atom stereocenters. The zero-order valence-electron chi connectivity index (χ0n) is 11.9. The zero-order valence-corrected chi connectivity index (χ0v) is 13.6. The van der Waals surface area contributed by atoms with Gasteiger partial charge < -0.3 is 5.43 Å². The summed E-state index contributed by atoms with van der Waals surface area (Å²) in [6, 6.07) is 3.29. The molecule has 0 saturated heterocycles. The van der Waals surface area contributed by atoms with Gasteiger partial charge in [0.05, 0.1) is 9.82 Å². The number of nitrogens with one attached hydrogen (secondary N) is 1. The summed E-state index contributed by atoms with van der Waals surface area (Å²) < 4.78 is 26.2. The highest BCUT2D eigenvalue weighted by molar-refractivity contribution is 7.98. The van der Waals surface area contributed by atoms with Gasteiger partial charge in [-0.2, -0.15) is 16.1 Å². The molecule has 0 fully saturated rings. The Morgan fingerprint density at radius 3 is 2.62 bits per heavy atom. The molecule has 1 aromatic rings. The highest BCUT2D eigenvalue weighted by Gasteiger charge is 2.27. The molecule has 8 nitrogen and oxygen atoms in total. The van der Waals surface area contributed by atoms with E-state index in [2.05, 4.69) is 5.43 Å². The van der Waals surface area contributed by atoms with Gasteiger partial charge in [0.15, 0.2) is 0 Å². The van der Waals surface area contributed by atoms with Crippen molar-refractivity contribution < 1.29 is 13.3 Å². The predicted molar refractivity (Wildman–Crippen MR) is 83.7 cm³/mol. The molecule has 0 aliphatic heterocycles. The van der Waals surface area contributed by atoms with Crippen molar-refractivity contribution in [2.45, 2.75) is 17.9 Å². The molecule has 1 aromatic carbocycles. The summed E-state index contributed by atoms with van der Waals surface area (Å²) in [5.41, 5.74) is 1.82. The smallest absolute Gasteiger partial charge is 0.293 e. The number of sulfonamides is 1. The Morgan fingerprint density at radius 2 is 2.14 bits per heavy atom. The maximum absolute atomic E-state index is 12.5. The fraction of sp³-hybridized carbons (Fsp3) is 0.455. The summed E-state index contributed by atoms with van der Waals surface area (Å²) in [5, 5.41) is 10.8. The van der Waals surface area contributed by atoms with E-state index in [-0.39, 0.29) is 22.3 Å². The van der Waals surface area contributed by atoms with Gasteiger partial charge in [0.2, 0.25) is 10.0 Å². The van der Waals surface area contributed by atoms with Gasteiger partial charge in [0, 0.05) is 24.9 Å². The van der Waals surface area contributed by atoms with Crippen LogP contribution in [0, 0.1) is 10.1 Å². The van der Waals surface area contributed by atoms with Gasteiger partial charge in [-0.3, -0.25) is 16.0 Å². The number of hydrogen-bond acceptors (Lipinski definition) is 7. The quantitative estimate of drug-likeness (QED) is 0.437. The molecule has 0 aromatic heterocycles. The molecule has 0 amide bonds. The van der Waals surface area contributed by atoms with Gasteiger partial charge in [0.25, 0.3) is 5.69 Å². The van der Waals surface area contributed by atoms with Crippen LogP contribution in [-0.4, -0.2) is 42.7 Å². The average Bonchev–Trinajstić information content (AvgIpc) is 2.45. The van der Waals surface area contributed by atoms with Crippen molar-refractivity contribution >= 4 is 33.2 Å². The van der Waals surface area contributed by atoms with Gasteiger partial charge >= 0.3 is 0 Å². The summed E-state index contributed by atoms with van der Waals surface area (Å²) in [7, 11) is -2.25. The van der Waals surface area contributed by atoms with Crippen molar-refractivity contribution in [3.8, 4) is 0 Å². The van der Waals surface area contributed by atoms with Gasteiger partial charge in [-0.15, -0.1) is 0 Å². The summed E-state index contributed by atoms with van der Waals surface area (Å²) in [6.45, 7) is 1.79. The summed E-state index contributed by atoms with van der Waals surface area (Å²) >= 11 is 1.54. The van der Waals surface area contributed by atoms with Crippen LogP contribution in [0.15, 0.2) is 23.1 Å². The Kier molecular flexibility index (Phi) is 5.96. The summed E-state index contributed by atoms with van der Waals surface area (Å²) in [5.74, 6) is 5.86. The number of hydrazine groups is 1. The van der Waals surface area contributed by atoms with Crippen molar-refractivity contribution in [3.05, 3.63) is 28.3 Å². The number of nitrogen functional groups attached to an aromatic ring is 1. The predicted octanol–water partition coefficient (Wildman–Crippen LogP) is 1.25. The van der Waals surface area contributed by atoms with E-state index in [0.29, 0.717) is 5.75 Å². The topological polar surface area (TPSA) is 119 Å². The largest absolute Gasteiger partial charge is 0.318 e. The van der Waals surface area contributed by atoms with Gasteiger partial charge in [-0.25, -0.2) is 8.42 Å². The molecule has 118 valence electrons. The van der Waals surface area contributed by atoms with Crippen LogP contribution in [0.3, 0.4) is 0 Å². The SMILES string of the molecule is CSCC(C)N(C)S(=O)(=O)c1ccc([N+](=O)[O-])c(NN)c1. The minimum atomic E-state index is -3.73. The van der Waals surface area contributed by atoms with E-state index in [1.807, 2.05) is 6.26 Å². The first kappa shape index (κ1) is 17.7. The molecular weight excluding hydrogens is 316 g/mol. The number of nitrogens with zero attached hydrogens (tertiary/aromatic N) is 2. The molecule has 10 heteroatoms.